The van der Waals surface area contributed by atoms with Crippen LogP contribution in [-0.2, 0) is 5.75 Å². The molecule has 1 atom stereocenters. The third-order valence-electron chi connectivity index (χ3n) is 2.84. The van der Waals surface area contributed by atoms with Gasteiger partial charge in [0.15, 0.2) is 11.5 Å². The highest BCUT2D eigenvalue weighted by Crippen LogP contribution is 2.46. The van der Waals surface area contributed by atoms with Crippen molar-refractivity contribution in [2.24, 2.45) is 5.73 Å². The summed E-state index contributed by atoms with van der Waals surface area (Å²) < 4.78 is 12.4. The summed E-state index contributed by atoms with van der Waals surface area (Å²) in [4.78, 5) is 0. The van der Waals surface area contributed by atoms with Crippen LogP contribution in [0.1, 0.15) is 17.2 Å². The van der Waals surface area contributed by atoms with E-state index in [0.717, 1.165) is 33.0 Å². The van der Waals surface area contributed by atoms with E-state index in [-0.39, 0.29) is 6.04 Å². The second kappa shape index (κ2) is 4.13. The van der Waals surface area contributed by atoms with Gasteiger partial charge in [-0.2, -0.15) is 11.8 Å². The quantitative estimate of drug-likeness (QED) is 0.799. The van der Waals surface area contributed by atoms with Gasteiger partial charge in [0.05, 0.1) is 0 Å². The summed E-state index contributed by atoms with van der Waals surface area (Å²) in [6, 6.07) is 2.04. The van der Waals surface area contributed by atoms with Gasteiger partial charge in [0.25, 0.3) is 0 Å². The molecule has 0 bridgehead atoms. The molecule has 0 saturated carbocycles. The van der Waals surface area contributed by atoms with Gasteiger partial charge in [-0.05, 0) is 11.6 Å². The molecule has 0 fully saturated rings. The summed E-state index contributed by atoms with van der Waals surface area (Å²) in [6.07, 6.45) is 0. The van der Waals surface area contributed by atoms with Gasteiger partial charge in [0, 0.05) is 27.6 Å². The van der Waals surface area contributed by atoms with E-state index in [1.165, 1.54) is 5.56 Å². The normalized spacial score (nSPS) is 22.8. The van der Waals surface area contributed by atoms with Crippen molar-refractivity contribution in [2.45, 2.75) is 11.8 Å². The number of benzene rings is 1. The molecule has 1 aromatic carbocycles. The molecule has 16 heavy (non-hydrogen) atoms. The monoisotopic (exact) mass is 301 g/mol. The van der Waals surface area contributed by atoms with E-state index in [1.54, 1.807) is 0 Å². The molecule has 0 radical (unpaired) electrons. The molecule has 1 unspecified atom stereocenters. The second-order valence-corrected chi connectivity index (χ2v) is 5.78. The molecule has 2 N–H and O–H groups in total. The fourth-order valence-corrected chi connectivity index (χ4v) is 3.93. The molecule has 3 nitrogen and oxygen atoms in total. The lowest BCUT2D eigenvalue weighted by molar-refractivity contribution is 0.169. The predicted octanol–water partition coefficient (Wildman–Crippen LogP) is 2.47. The number of rotatable bonds is 0. The van der Waals surface area contributed by atoms with Gasteiger partial charge in [-0.15, -0.1) is 0 Å². The molecule has 2 aliphatic heterocycles. The van der Waals surface area contributed by atoms with Gasteiger partial charge in [0.2, 0.25) is 0 Å². The number of nitrogens with two attached hydrogens (primary N) is 1. The van der Waals surface area contributed by atoms with Crippen LogP contribution in [-0.4, -0.2) is 19.0 Å². The Kier molecular flexibility index (Phi) is 2.77. The Labute approximate surface area is 107 Å². The molecule has 5 heteroatoms. The molecule has 0 aliphatic carbocycles. The first-order valence-corrected chi connectivity index (χ1v) is 7.16. The Bertz CT molecular complexity index is 438. The van der Waals surface area contributed by atoms with Crippen LogP contribution in [0.5, 0.6) is 11.5 Å². The first-order chi connectivity index (χ1) is 7.77. The number of fused-ring (bicyclic) bond motifs is 3. The van der Waals surface area contributed by atoms with E-state index in [1.807, 2.05) is 17.8 Å². The van der Waals surface area contributed by atoms with E-state index in [9.17, 15) is 0 Å². The van der Waals surface area contributed by atoms with Crippen molar-refractivity contribution in [3.63, 3.8) is 0 Å². The highest BCUT2D eigenvalue weighted by atomic mass is 79.9. The SMILES string of the molecule is NC1CSCc2c(Br)cc3c(c21)OCCO3. The van der Waals surface area contributed by atoms with Gasteiger partial charge >= 0.3 is 0 Å². The van der Waals surface area contributed by atoms with Gasteiger partial charge in [-0.3, -0.25) is 0 Å². The number of ether oxygens (including phenoxy) is 2. The first kappa shape index (κ1) is 10.7. The fraction of sp³-hybridized carbons (Fsp3) is 0.455. The van der Waals surface area contributed by atoms with Gasteiger partial charge in [0.1, 0.15) is 13.2 Å². The Balaban J connectivity index is 2.21. The third-order valence-corrected chi connectivity index (χ3v) is 4.64. The van der Waals surface area contributed by atoms with Crippen LogP contribution in [0.3, 0.4) is 0 Å². The fourth-order valence-electron chi connectivity index (χ4n) is 2.13. The molecule has 1 aromatic rings. The lowest BCUT2D eigenvalue weighted by Gasteiger charge is -2.29. The summed E-state index contributed by atoms with van der Waals surface area (Å²) in [5.74, 6) is 3.61. The van der Waals surface area contributed by atoms with Gasteiger partial charge in [-0.25, -0.2) is 0 Å². The van der Waals surface area contributed by atoms with E-state index in [2.05, 4.69) is 15.9 Å². The van der Waals surface area contributed by atoms with Crippen molar-refractivity contribution in [3.8, 4) is 11.5 Å². The Morgan fingerprint density at radius 2 is 2.19 bits per heavy atom. The van der Waals surface area contributed by atoms with E-state index in [0.29, 0.717) is 13.2 Å². The number of hydrogen-bond donors (Lipinski definition) is 1. The summed E-state index contributed by atoms with van der Waals surface area (Å²) >= 11 is 5.44. The number of hydrogen-bond acceptors (Lipinski definition) is 4. The summed E-state index contributed by atoms with van der Waals surface area (Å²) in [6.45, 7) is 1.23. The van der Waals surface area contributed by atoms with Crippen LogP contribution < -0.4 is 15.2 Å². The molecular formula is C11H12BrNO2S. The minimum absolute atomic E-state index is 0.0432. The van der Waals surface area contributed by atoms with Crippen molar-refractivity contribution in [1.82, 2.24) is 0 Å². The van der Waals surface area contributed by atoms with Crippen molar-refractivity contribution < 1.29 is 9.47 Å². The van der Waals surface area contributed by atoms with E-state index < -0.39 is 0 Å². The Morgan fingerprint density at radius 1 is 1.38 bits per heavy atom. The number of thioether (sulfide) groups is 1. The zero-order valence-electron chi connectivity index (χ0n) is 8.66. The minimum atomic E-state index is 0.0432. The van der Waals surface area contributed by atoms with Crippen molar-refractivity contribution >= 4 is 27.7 Å². The van der Waals surface area contributed by atoms with Crippen LogP contribution in [0.25, 0.3) is 0 Å². The highest BCUT2D eigenvalue weighted by Gasteiger charge is 2.28. The Hall–Kier alpha value is -0.390. The van der Waals surface area contributed by atoms with Crippen molar-refractivity contribution in [2.75, 3.05) is 19.0 Å². The zero-order valence-corrected chi connectivity index (χ0v) is 11.1. The third kappa shape index (κ3) is 1.61. The molecular weight excluding hydrogens is 290 g/mol. The Morgan fingerprint density at radius 3 is 3.06 bits per heavy atom. The summed E-state index contributed by atoms with van der Waals surface area (Å²) in [7, 11) is 0. The molecule has 3 rings (SSSR count). The highest BCUT2D eigenvalue weighted by molar-refractivity contribution is 9.10. The van der Waals surface area contributed by atoms with Crippen LogP contribution in [0.2, 0.25) is 0 Å². The molecule has 0 saturated heterocycles. The maximum Gasteiger partial charge on any atom is 0.166 e. The van der Waals surface area contributed by atoms with E-state index in [4.69, 9.17) is 15.2 Å². The lowest BCUT2D eigenvalue weighted by atomic mass is 10.00. The van der Waals surface area contributed by atoms with Crippen LogP contribution in [0.4, 0.5) is 0 Å². The second-order valence-electron chi connectivity index (χ2n) is 3.90. The molecule has 0 spiro atoms. The van der Waals surface area contributed by atoms with Crippen molar-refractivity contribution in [3.05, 3.63) is 21.7 Å². The summed E-state index contributed by atoms with van der Waals surface area (Å²) in [5, 5.41) is 0. The molecule has 2 aliphatic rings. The number of halogens is 1. The smallest absolute Gasteiger partial charge is 0.166 e. The standard InChI is InChI=1S/C11H12BrNO2S/c12-7-3-9-11(15-2-1-14-9)10-6(7)4-16-5-8(10)13/h3,8H,1-2,4-5,13H2. The lowest BCUT2D eigenvalue weighted by Crippen LogP contribution is -2.24. The average Bonchev–Trinajstić information content (AvgIpc) is 2.30. The maximum atomic E-state index is 6.16. The van der Waals surface area contributed by atoms with Crippen LogP contribution in [0, 0.1) is 0 Å². The zero-order chi connectivity index (χ0) is 11.1. The topological polar surface area (TPSA) is 44.5 Å². The maximum absolute atomic E-state index is 6.16. The molecule has 86 valence electrons. The van der Waals surface area contributed by atoms with Crippen LogP contribution in [0.15, 0.2) is 10.5 Å². The molecule has 0 amide bonds. The van der Waals surface area contributed by atoms with Crippen molar-refractivity contribution in [1.29, 1.82) is 0 Å². The molecule has 2 heterocycles. The van der Waals surface area contributed by atoms with Crippen LogP contribution >= 0.6 is 27.7 Å². The molecule has 0 aromatic heterocycles. The van der Waals surface area contributed by atoms with Gasteiger partial charge in [-0.1, -0.05) is 15.9 Å². The predicted molar refractivity (Wildman–Crippen MR) is 68.2 cm³/mol. The largest absolute Gasteiger partial charge is 0.486 e. The minimum Gasteiger partial charge on any atom is -0.486 e. The first-order valence-electron chi connectivity index (χ1n) is 5.21. The summed E-state index contributed by atoms with van der Waals surface area (Å²) in [5.41, 5.74) is 8.55. The van der Waals surface area contributed by atoms with E-state index >= 15 is 0 Å². The van der Waals surface area contributed by atoms with Gasteiger partial charge < -0.3 is 15.2 Å². The average molecular weight is 302 g/mol.